The molecule has 0 unspecified atom stereocenters. The Morgan fingerprint density at radius 3 is 2.83 bits per heavy atom. The number of nitrogens with zero attached hydrogens (tertiary/aromatic N) is 3. The average molecular weight is 346 g/mol. The Morgan fingerprint density at radius 2 is 2.08 bits per heavy atom. The molecule has 3 rings (SSSR count). The second-order valence-corrected chi connectivity index (χ2v) is 5.92. The number of likely N-dealkylation sites (N-methyl/N-ethyl adjacent to an activating group) is 1. The Balaban J connectivity index is 1.74. The number of ether oxygens (including phenoxy) is 1. The maximum absolute atomic E-state index is 12.5. The first-order valence-electron chi connectivity index (χ1n) is 7.40. The molecule has 0 N–H and O–H groups in total. The van der Waals surface area contributed by atoms with Crippen molar-refractivity contribution in [2.24, 2.45) is 0 Å². The van der Waals surface area contributed by atoms with Crippen LogP contribution in [0.4, 0.5) is 5.69 Å². The van der Waals surface area contributed by atoms with Crippen LogP contribution in [0.25, 0.3) is 0 Å². The molecule has 2 aromatic rings. The minimum atomic E-state index is -0.268. The molecular weight excluding hydrogens is 330 g/mol. The lowest BCUT2D eigenvalue weighted by atomic mass is 10.2. The van der Waals surface area contributed by atoms with Crippen LogP contribution in [0.5, 0.6) is 5.75 Å². The first-order valence-corrected chi connectivity index (χ1v) is 7.78. The molecule has 1 aromatic carbocycles. The zero-order valence-corrected chi connectivity index (χ0v) is 13.9. The maximum Gasteiger partial charge on any atom is 0.265 e. The van der Waals surface area contributed by atoms with Crippen LogP contribution in [0.2, 0.25) is 5.02 Å². The van der Waals surface area contributed by atoms with Crippen LogP contribution < -0.4 is 9.64 Å². The Morgan fingerprint density at radius 1 is 1.33 bits per heavy atom. The lowest BCUT2D eigenvalue weighted by molar-refractivity contribution is -0.131. The van der Waals surface area contributed by atoms with E-state index >= 15 is 0 Å². The third-order valence-electron chi connectivity index (χ3n) is 3.75. The van der Waals surface area contributed by atoms with Gasteiger partial charge in [0.15, 0.2) is 6.61 Å². The summed E-state index contributed by atoms with van der Waals surface area (Å²) in [6.07, 6.45) is 3.36. The Kier molecular flexibility index (Phi) is 4.66. The Hall–Kier alpha value is -2.60. The third kappa shape index (κ3) is 3.49. The fourth-order valence-corrected chi connectivity index (χ4v) is 2.62. The molecule has 1 aromatic heterocycles. The fraction of sp³-hybridized carbons (Fsp3) is 0.235. The molecule has 0 radical (unpaired) electrons. The van der Waals surface area contributed by atoms with Crippen molar-refractivity contribution in [1.29, 1.82) is 0 Å². The smallest absolute Gasteiger partial charge is 0.265 e. The van der Waals surface area contributed by atoms with Crippen LogP contribution in [0.3, 0.4) is 0 Å². The van der Waals surface area contributed by atoms with Crippen molar-refractivity contribution in [2.75, 3.05) is 25.1 Å². The predicted octanol–water partition coefficient (Wildman–Crippen LogP) is 2.12. The number of hydrogen-bond acceptors (Lipinski definition) is 4. The highest BCUT2D eigenvalue weighted by Crippen LogP contribution is 2.34. The van der Waals surface area contributed by atoms with Crippen molar-refractivity contribution >= 4 is 29.1 Å². The molecule has 0 bridgehead atoms. The first-order chi connectivity index (χ1) is 11.5. The third-order valence-corrected chi connectivity index (χ3v) is 3.99. The number of hydrogen-bond donors (Lipinski definition) is 0. The molecule has 124 valence electrons. The summed E-state index contributed by atoms with van der Waals surface area (Å²) in [5.41, 5.74) is 1.49. The Bertz CT molecular complexity index is 767. The van der Waals surface area contributed by atoms with Crippen molar-refractivity contribution in [2.45, 2.75) is 6.54 Å². The van der Waals surface area contributed by atoms with Crippen molar-refractivity contribution in [3.63, 3.8) is 0 Å². The van der Waals surface area contributed by atoms with E-state index in [0.717, 1.165) is 5.56 Å². The minimum absolute atomic E-state index is 0.0584. The van der Waals surface area contributed by atoms with E-state index in [0.29, 0.717) is 23.0 Å². The van der Waals surface area contributed by atoms with Gasteiger partial charge in [0.25, 0.3) is 5.91 Å². The highest BCUT2D eigenvalue weighted by Gasteiger charge is 2.28. The van der Waals surface area contributed by atoms with Crippen LogP contribution in [-0.2, 0) is 16.1 Å². The summed E-state index contributed by atoms with van der Waals surface area (Å²) in [4.78, 5) is 31.6. The fourth-order valence-electron chi connectivity index (χ4n) is 2.45. The van der Waals surface area contributed by atoms with Gasteiger partial charge >= 0.3 is 0 Å². The topological polar surface area (TPSA) is 62.7 Å². The van der Waals surface area contributed by atoms with E-state index in [-0.39, 0.29) is 25.0 Å². The molecule has 0 aliphatic carbocycles. The van der Waals surface area contributed by atoms with Gasteiger partial charge in [0, 0.05) is 31.0 Å². The summed E-state index contributed by atoms with van der Waals surface area (Å²) in [6.45, 7) is 0.301. The number of anilines is 1. The van der Waals surface area contributed by atoms with Crippen molar-refractivity contribution in [3.8, 4) is 5.75 Å². The lowest BCUT2D eigenvalue weighted by Gasteiger charge is -2.30. The van der Waals surface area contributed by atoms with E-state index < -0.39 is 0 Å². The number of pyridine rings is 1. The second kappa shape index (κ2) is 6.88. The molecule has 0 atom stereocenters. The number of carbonyl (C=O) groups is 2. The zero-order chi connectivity index (χ0) is 17.1. The van der Waals surface area contributed by atoms with Gasteiger partial charge < -0.3 is 9.64 Å². The van der Waals surface area contributed by atoms with Gasteiger partial charge in [-0.05, 0) is 35.9 Å². The minimum Gasteiger partial charge on any atom is -0.482 e. The molecule has 0 fully saturated rings. The maximum atomic E-state index is 12.5. The van der Waals surface area contributed by atoms with Crippen molar-refractivity contribution < 1.29 is 14.3 Å². The standard InChI is InChI=1S/C17H16ClN3O3/c1-20(9-12-4-6-19-7-5-12)16(22)10-21-14-8-13(18)2-3-15(14)24-11-17(21)23/h2-8H,9-11H2,1H3. The highest BCUT2D eigenvalue weighted by molar-refractivity contribution is 6.31. The molecule has 0 saturated carbocycles. The van der Waals surface area contributed by atoms with Gasteiger partial charge in [-0.15, -0.1) is 0 Å². The van der Waals surface area contributed by atoms with Gasteiger partial charge in [-0.1, -0.05) is 11.6 Å². The number of amides is 2. The molecule has 6 nitrogen and oxygen atoms in total. The summed E-state index contributed by atoms with van der Waals surface area (Å²) < 4.78 is 5.38. The molecule has 0 saturated heterocycles. The summed E-state index contributed by atoms with van der Waals surface area (Å²) in [6, 6.07) is 8.70. The van der Waals surface area contributed by atoms with Crippen LogP contribution in [0.15, 0.2) is 42.7 Å². The van der Waals surface area contributed by atoms with Crippen LogP contribution in [0, 0.1) is 0 Å². The number of benzene rings is 1. The van der Waals surface area contributed by atoms with E-state index in [9.17, 15) is 9.59 Å². The van der Waals surface area contributed by atoms with E-state index in [1.54, 1.807) is 42.5 Å². The van der Waals surface area contributed by atoms with E-state index in [1.807, 2.05) is 12.1 Å². The molecule has 24 heavy (non-hydrogen) atoms. The summed E-state index contributed by atoms with van der Waals surface area (Å²) in [7, 11) is 1.70. The molecule has 1 aliphatic rings. The van der Waals surface area contributed by atoms with Gasteiger partial charge in [-0.3, -0.25) is 19.5 Å². The zero-order valence-electron chi connectivity index (χ0n) is 13.1. The number of aromatic nitrogens is 1. The van der Waals surface area contributed by atoms with E-state index in [2.05, 4.69) is 4.98 Å². The number of carbonyl (C=O) groups excluding carboxylic acids is 2. The SMILES string of the molecule is CN(Cc1ccncc1)C(=O)CN1C(=O)COc2ccc(Cl)cc21. The Labute approximate surface area is 144 Å². The molecule has 1 aliphatic heterocycles. The summed E-state index contributed by atoms with van der Waals surface area (Å²) in [5.74, 6) is 0.104. The van der Waals surface area contributed by atoms with E-state index in [4.69, 9.17) is 16.3 Å². The van der Waals surface area contributed by atoms with Crippen LogP contribution in [0.1, 0.15) is 5.56 Å². The second-order valence-electron chi connectivity index (χ2n) is 5.49. The van der Waals surface area contributed by atoms with Gasteiger partial charge in [-0.2, -0.15) is 0 Å². The molecule has 2 amide bonds. The lowest BCUT2D eigenvalue weighted by Crippen LogP contribution is -2.45. The quantitative estimate of drug-likeness (QED) is 0.851. The molecule has 7 heteroatoms. The van der Waals surface area contributed by atoms with Gasteiger partial charge in [-0.25, -0.2) is 0 Å². The molecule has 0 spiro atoms. The monoisotopic (exact) mass is 345 g/mol. The largest absolute Gasteiger partial charge is 0.482 e. The average Bonchev–Trinajstić information content (AvgIpc) is 2.58. The molecular formula is C17H16ClN3O3. The summed E-state index contributed by atoms with van der Waals surface area (Å²) >= 11 is 6.00. The molecule has 2 heterocycles. The predicted molar refractivity (Wildman–Crippen MR) is 90.0 cm³/mol. The number of rotatable bonds is 4. The van der Waals surface area contributed by atoms with E-state index in [1.165, 1.54) is 4.90 Å². The van der Waals surface area contributed by atoms with Gasteiger partial charge in [0.1, 0.15) is 12.3 Å². The number of fused-ring (bicyclic) bond motifs is 1. The highest BCUT2D eigenvalue weighted by atomic mass is 35.5. The first kappa shape index (κ1) is 16.3. The van der Waals surface area contributed by atoms with Crippen LogP contribution in [-0.4, -0.2) is 41.9 Å². The van der Waals surface area contributed by atoms with Crippen molar-refractivity contribution in [1.82, 2.24) is 9.88 Å². The number of halogens is 1. The van der Waals surface area contributed by atoms with Crippen LogP contribution >= 0.6 is 11.6 Å². The van der Waals surface area contributed by atoms with Crippen molar-refractivity contribution in [3.05, 3.63) is 53.3 Å². The van der Waals surface area contributed by atoms with Gasteiger partial charge in [0.2, 0.25) is 5.91 Å². The summed E-state index contributed by atoms with van der Waals surface area (Å²) in [5, 5.41) is 0.481. The normalized spacial score (nSPS) is 13.2. The van der Waals surface area contributed by atoms with Gasteiger partial charge in [0.05, 0.1) is 5.69 Å².